The van der Waals surface area contributed by atoms with Gasteiger partial charge in [-0.15, -0.1) is 0 Å². The van der Waals surface area contributed by atoms with E-state index in [9.17, 15) is 9.90 Å². The molecular formula is C7H14O4. The van der Waals surface area contributed by atoms with E-state index in [2.05, 4.69) is 0 Å². The minimum atomic E-state index is -0.995. The summed E-state index contributed by atoms with van der Waals surface area (Å²) in [6.45, 7) is 1.45. The molecule has 1 unspecified atom stereocenters. The number of hydrogen-bond donors (Lipinski definition) is 2. The lowest BCUT2D eigenvalue weighted by molar-refractivity contribution is -0.115. The van der Waals surface area contributed by atoms with Crippen molar-refractivity contribution in [2.45, 2.75) is 31.7 Å². The predicted molar refractivity (Wildman–Crippen MR) is 39.2 cm³/mol. The highest BCUT2D eigenvalue weighted by Gasteiger charge is 2.22. The molecule has 11 heavy (non-hydrogen) atoms. The fraction of sp³-hybridized carbons (Fsp3) is 0.857. The van der Waals surface area contributed by atoms with Crippen molar-refractivity contribution >= 4 is 6.29 Å². The molecule has 3 atom stereocenters. The van der Waals surface area contributed by atoms with E-state index in [-0.39, 0.29) is 6.42 Å². The van der Waals surface area contributed by atoms with Crippen LogP contribution in [0.25, 0.3) is 0 Å². The standard InChI is InChI=1S/C7H14O4/c1-5(9)7(10)6(11-2)3-4-8/h4-7,9-10H,3H2,1-2H3/t5?,6-,7+/m1/s1. The van der Waals surface area contributed by atoms with Crippen molar-refractivity contribution in [3.05, 3.63) is 0 Å². The first-order valence-corrected chi connectivity index (χ1v) is 3.46. The highest BCUT2D eigenvalue weighted by Crippen LogP contribution is 2.05. The van der Waals surface area contributed by atoms with Crippen LogP contribution in [0, 0.1) is 0 Å². The minimum absolute atomic E-state index is 0.0998. The van der Waals surface area contributed by atoms with Crippen LogP contribution in [0.3, 0.4) is 0 Å². The van der Waals surface area contributed by atoms with E-state index in [0.717, 1.165) is 0 Å². The smallest absolute Gasteiger partial charge is 0.122 e. The predicted octanol–water partition coefficient (Wildman–Crippen LogP) is -0.668. The van der Waals surface area contributed by atoms with Gasteiger partial charge in [-0.2, -0.15) is 0 Å². The molecule has 0 spiro atoms. The summed E-state index contributed by atoms with van der Waals surface area (Å²) < 4.78 is 4.77. The maximum atomic E-state index is 10.0. The molecule has 0 bridgehead atoms. The van der Waals surface area contributed by atoms with E-state index in [1.165, 1.54) is 14.0 Å². The fourth-order valence-electron chi connectivity index (χ4n) is 0.781. The van der Waals surface area contributed by atoms with Gasteiger partial charge in [-0.1, -0.05) is 0 Å². The van der Waals surface area contributed by atoms with E-state index in [4.69, 9.17) is 9.84 Å². The van der Waals surface area contributed by atoms with Crippen LogP contribution in [0.4, 0.5) is 0 Å². The lowest BCUT2D eigenvalue weighted by atomic mass is 10.1. The van der Waals surface area contributed by atoms with Crippen LogP contribution in [0.5, 0.6) is 0 Å². The van der Waals surface area contributed by atoms with Gasteiger partial charge in [0.2, 0.25) is 0 Å². The second-order valence-electron chi connectivity index (χ2n) is 2.41. The first-order valence-electron chi connectivity index (χ1n) is 3.46. The van der Waals surface area contributed by atoms with Crippen molar-refractivity contribution in [2.75, 3.05) is 7.11 Å². The molecule has 0 saturated heterocycles. The van der Waals surface area contributed by atoms with E-state index >= 15 is 0 Å². The summed E-state index contributed by atoms with van der Waals surface area (Å²) in [7, 11) is 1.39. The average molecular weight is 162 g/mol. The van der Waals surface area contributed by atoms with Gasteiger partial charge < -0.3 is 19.7 Å². The van der Waals surface area contributed by atoms with E-state index < -0.39 is 18.3 Å². The second-order valence-corrected chi connectivity index (χ2v) is 2.41. The first kappa shape index (κ1) is 10.6. The highest BCUT2D eigenvalue weighted by molar-refractivity contribution is 5.50. The van der Waals surface area contributed by atoms with Gasteiger partial charge in [0.05, 0.1) is 12.2 Å². The van der Waals surface area contributed by atoms with Crippen LogP contribution in [-0.4, -0.2) is 41.9 Å². The molecule has 0 aliphatic rings. The number of aliphatic hydroxyl groups excluding tert-OH is 2. The topological polar surface area (TPSA) is 66.8 Å². The number of ether oxygens (including phenoxy) is 1. The zero-order chi connectivity index (χ0) is 8.85. The SMILES string of the molecule is CO[C@H](CC=O)[C@@H](O)C(C)O. The van der Waals surface area contributed by atoms with Gasteiger partial charge >= 0.3 is 0 Å². The third-order valence-corrected chi connectivity index (χ3v) is 1.51. The molecular weight excluding hydrogens is 148 g/mol. The number of carbonyl (C=O) groups is 1. The average Bonchev–Trinajstić information content (AvgIpc) is 1.98. The summed E-state index contributed by atoms with van der Waals surface area (Å²) in [5.74, 6) is 0. The summed E-state index contributed by atoms with van der Waals surface area (Å²) in [5.41, 5.74) is 0. The van der Waals surface area contributed by atoms with Gasteiger partial charge in [-0.25, -0.2) is 0 Å². The van der Waals surface area contributed by atoms with Crippen molar-refractivity contribution in [2.24, 2.45) is 0 Å². The quantitative estimate of drug-likeness (QED) is 0.526. The Kier molecular flexibility index (Phi) is 5.02. The van der Waals surface area contributed by atoms with Gasteiger partial charge in [0.25, 0.3) is 0 Å². The van der Waals surface area contributed by atoms with Crippen LogP contribution < -0.4 is 0 Å². The maximum absolute atomic E-state index is 10.0. The molecule has 0 amide bonds. The number of aliphatic hydroxyl groups is 2. The molecule has 66 valence electrons. The molecule has 4 nitrogen and oxygen atoms in total. The Morgan fingerprint density at radius 2 is 2.09 bits per heavy atom. The Morgan fingerprint density at radius 1 is 1.55 bits per heavy atom. The molecule has 0 aromatic rings. The van der Waals surface area contributed by atoms with Crippen molar-refractivity contribution in [1.29, 1.82) is 0 Å². The molecule has 0 aliphatic heterocycles. The van der Waals surface area contributed by atoms with Crippen molar-refractivity contribution < 1.29 is 19.7 Å². The summed E-state index contributed by atoms with van der Waals surface area (Å²) in [6.07, 6.45) is -1.72. The van der Waals surface area contributed by atoms with Gasteiger partial charge in [-0.05, 0) is 6.92 Å². The van der Waals surface area contributed by atoms with Crippen molar-refractivity contribution in [3.63, 3.8) is 0 Å². The zero-order valence-electron chi connectivity index (χ0n) is 6.73. The summed E-state index contributed by atoms with van der Waals surface area (Å²) in [5, 5.41) is 18.1. The highest BCUT2D eigenvalue weighted by atomic mass is 16.5. The molecule has 4 heteroatoms. The Morgan fingerprint density at radius 3 is 2.36 bits per heavy atom. The minimum Gasteiger partial charge on any atom is -0.391 e. The van der Waals surface area contributed by atoms with Gasteiger partial charge in [-0.3, -0.25) is 0 Å². The Balaban J connectivity index is 3.90. The molecule has 0 aliphatic carbocycles. The molecule has 2 N–H and O–H groups in total. The van der Waals surface area contributed by atoms with E-state index in [1.807, 2.05) is 0 Å². The lowest BCUT2D eigenvalue weighted by Gasteiger charge is -2.21. The van der Waals surface area contributed by atoms with Crippen LogP contribution >= 0.6 is 0 Å². The molecule has 0 aromatic carbocycles. The normalized spacial score (nSPS) is 18.9. The molecule has 0 rings (SSSR count). The number of hydrogen-bond acceptors (Lipinski definition) is 4. The molecule has 0 radical (unpaired) electrons. The summed E-state index contributed by atoms with van der Waals surface area (Å²) in [6, 6.07) is 0. The maximum Gasteiger partial charge on any atom is 0.122 e. The summed E-state index contributed by atoms with van der Waals surface area (Å²) in [4.78, 5) is 10.0. The van der Waals surface area contributed by atoms with Gasteiger partial charge in [0, 0.05) is 13.5 Å². The Hall–Kier alpha value is -0.450. The fourth-order valence-corrected chi connectivity index (χ4v) is 0.781. The van der Waals surface area contributed by atoms with Crippen LogP contribution in [0.15, 0.2) is 0 Å². The largest absolute Gasteiger partial charge is 0.391 e. The molecule has 0 heterocycles. The first-order chi connectivity index (χ1) is 5.13. The Bertz CT molecular complexity index is 113. The Labute approximate surface area is 65.8 Å². The third-order valence-electron chi connectivity index (χ3n) is 1.51. The molecule has 0 fully saturated rings. The zero-order valence-corrected chi connectivity index (χ0v) is 6.73. The third kappa shape index (κ3) is 3.46. The van der Waals surface area contributed by atoms with Gasteiger partial charge in [0.1, 0.15) is 12.4 Å². The van der Waals surface area contributed by atoms with Gasteiger partial charge in [0.15, 0.2) is 0 Å². The van der Waals surface area contributed by atoms with Crippen LogP contribution in [0.2, 0.25) is 0 Å². The molecule has 0 saturated carbocycles. The monoisotopic (exact) mass is 162 g/mol. The number of methoxy groups -OCH3 is 1. The van der Waals surface area contributed by atoms with Crippen molar-refractivity contribution in [3.8, 4) is 0 Å². The number of rotatable bonds is 5. The molecule has 0 aromatic heterocycles. The van der Waals surface area contributed by atoms with E-state index in [0.29, 0.717) is 6.29 Å². The number of aldehydes is 1. The van der Waals surface area contributed by atoms with Crippen LogP contribution in [0.1, 0.15) is 13.3 Å². The van der Waals surface area contributed by atoms with Crippen LogP contribution in [-0.2, 0) is 9.53 Å². The van der Waals surface area contributed by atoms with Crippen molar-refractivity contribution in [1.82, 2.24) is 0 Å². The van der Waals surface area contributed by atoms with E-state index in [1.54, 1.807) is 0 Å². The number of carbonyl (C=O) groups excluding carboxylic acids is 1. The second kappa shape index (κ2) is 5.23. The summed E-state index contributed by atoms with van der Waals surface area (Å²) >= 11 is 0. The lowest BCUT2D eigenvalue weighted by Crippen LogP contribution is -2.37.